The highest BCUT2D eigenvalue weighted by atomic mass is 79.9. The summed E-state index contributed by atoms with van der Waals surface area (Å²) in [5.74, 6) is 0.171. The van der Waals surface area contributed by atoms with Crippen LogP contribution in [0.4, 0.5) is 5.82 Å². The van der Waals surface area contributed by atoms with Gasteiger partial charge in [0.2, 0.25) is 0 Å². The van der Waals surface area contributed by atoms with E-state index < -0.39 is 0 Å². The van der Waals surface area contributed by atoms with E-state index in [2.05, 4.69) is 63.1 Å². The SMILES string of the molecule is O=C(Nc1ncc(Br)nc1Br)c1csc(Br)c1. The second kappa shape index (κ2) is 5.55. The molecule has 0 aliphatic carbocycles. The summed E-state index contributed by atoms with van der Waals surface area (Å²) in [4.78, 5) is 20.0. The molecule has 0 aliphatic rings. The highest BCUT2D eigenvalue weighted by molar-refractivity contribution is 9.11. The zero-order valence-electron chi connectivity index (χ0n) is 8.08. The maximum atomic E-state index is 11.8. The van der Waals surface area contributed by atoms with Crippen LogP contribution < -0.4 is 5.32 Å². The average Bonchev–Trinajstić information content (AvgIpc) is 2.69. The minimum atomic E-state index is -0.218. The Morgan fingerprint density at radius 3 is 2.71 bits per heavy atom. The highest BCUT2D eigenvalue weighted by Crippen LogP contribution is 2.23. The molecule has 0 saturated heterocycles. The van der Waals surface area contributed by atoms with Crippen molar-refractivity contribution >= 4 is 70.9 Å². The quantitative estimate of drug-likeness (QED) is 0.764. The maximum absolute atomic E-state index is 11.8. The molecule has 0 unspecified atom stereocenters. The number of nitrogens with zero attached hydrogens (tertiary/aromatic N) is 2. The van der Waals surface area contributed by atoms with Gasteiger partial charge in [0.25, 0.3) is 5.91 Å². The molecular weight excluding hydrogens is 438 g/mol. The molecule has 0 aromatic carbocycles. The average molecular weight is 442 g/mol. The number of rotatable bonds is 2. The van der Waals surface area contributed by atoms with Crippen molar-refractivity contribution in [1.82, 2.24) is 9.97 Å². The van der Waals surface area contributed by atoms with Gasteiger partial charge in [0.15, 0.2) is 5.82 Å². The van der Waals surface area contributed by atoms with Crippen LogP contribution in [-0.4, -0.2) is 15.9 Å². The Kier molecular flexibility index (Phi) is 4.29. The predicted octanol–water partition coefficient (Wildman–Crippen LogP) is 4.08. The molecule has 0 radical (unpaired) electrons. The number of hydrogen-bond acceptors (Lipinski definition) is 4. The lowest BCUT2D eigenvalue weighted by molar-refractivity contribution is 0.102. The highest BCUT2D eigenvalue weighted by Gasteiger charge is 2.11. The van der Waals surface area contributed by atoms with Crippen molar-refractivity contribution in [3.05, 3.63) is 36.2 Å². The smallest absolute Gasteiger partial charge is 0.257 e. The number of nitrogens with one attached hydrogen (secondary N) is 1. The van der Waals surface area contributed by atoms with Gasteiger partial charge in [-0.1, -0.05) is 0 Å². The van der Waals surface area contributed by atoms with E-state index in [-0.39, 0.29) is 5.91 Å². The molecule has 0 saturated carbocycles. The van der Waals surface area contributed by atoms with E-state index in [4.69, 9.17) is 0 Å². The van der Waals surface area contributed by atoms with E-state index in [1.807, 2.05) is 0 Å². The van der Waals surface area contributed by atoms with Gasteiger partial charge in [-0.3, -0.25) is 4.79 Å². The lowest BCUT2D eigenvalue weighted by Crippen LogP contribution is -2.12. The first-order chi connectivity index (χ1) is 8.06. The molecule has 0 fully saturated rings. The van der Waals surface area contributed by atoms with Crippen LogP contribution in [0.1, 0.15) is 10.4 Å². The Hall–Kier alpha value is -0.310. The fourth-order valence-electron chi connectivity index (χ4n) is 1.04. The Labute approximate surface area is 126 Å². The van der Waals surface area contributed by atoms with E-state index in [0.717, 1.165) is 3.79 Å². The zero-order chi connectivity index (χ0) is 12.4. The molecule has 0 spiro atoms. The second-order valence-corrected chi connectivity index (χ2v) is 6.78. The summed E-state index contributed by atoms with van der Waals surface area (Å²) in [6.07, 6.45) is 1.52. The summed E-state index contributed by atoms with van der Waals surface area (Å²) in [6.45, 7) is 0. The van der Waals surface area contributed by atoms with Crippen LogP contribution in [0.25, 0.3) is 0 Å². The minimum Gasteiger partial charge on any atom is -0.304 e. The topological polar surface area (TPSA) is 54.9 Å². The first-order valence-electron chi connectivity index (χ1n) is 4.29. The number of carbonyl (C=O) groups is 1. The van der Waals surface area contributed by atoms with E-state index in [1.165, 1.54) is 17.5 Å². The van der Waals surface area contributed by atoms with Crippen LogP contribution in [-0.2, 0) is 0 Å². The Morgan fingerprint density at radius 2 is 2.12 bits per heavy atom. The number of aromatic nitrogens is 2. The third-order valence-corrected chi connectivity index (χ3v) is 4.20. The Morgan fingerprint density at radius 1 is 1.35 bits per heavy atom. The van der Waals surface area contributed by atoms with E-state index in [9.17, 15) is 4.79 Å². The molecule has 1 amide bonds. The van der Waals surface area contributed by atoms with Gasteiger partial charge in [0.1, 0.15) is 9.21 Å². The minimum absolute atomic E-state index is 0.218. The second-order valence-electron chi connectivity index (χ2n) is 2.93. The van der Waals surface area contributed by atoms with Crippen molar-refractivity contribution in [2.75, 3.05) is 5.32 Å². The zero-order valence-corrected chi connectivity index (χ0v) is 13.7. The third kappa shape index (κ3) is 3.34. The molecule has 17 heavy (non-hydrogen) atoms. The lowest BCUT2D eigenvalue weighted by Gasteiger charge is -2.04. The summed E-state index contributed by atoms with van der Waals surface area (Å²) in [5.41, 5.74) is 0.582. The summed E-state index contributed by atoms with van der Waals surface area (Å²) < 4.78 is 1.98. The van der Waals surface area contributed by atoms with E-state index >= 15 is 0 Å². The molecule has 2 aromatic heterocycles. The van der Waals surface area contributed by atoms with Crippen molar-refractivity contribution in [2.45, 2.75) is 0 Å². The van der Waals surface area contributed by atoms with Crippen LogP contribution >= 0.6 is 59.1 Å². The van der Waals surface area contributed by atoms with Crippen LogP contribution in [0.15, 0.2) is 30.6 Å². The fraction of sp³-hybridized carbons (Fsp3) is 0. The Balaban J connectivity index is 2.18. The molecule has 2 heterocycles. The fourth-order valence-corrected chi connectivity index (χ4v) is 3.09. The monoisotopic (exact) mass is 439 g/mol. The molecule has 2 aromatic rings. The Bertz CT molecular complexity index is 572. The molecule has 0 atom stereocenters. The largest absolute Gasteiger partial charge is 0.304 e. The predicted molar refractivity (Wildman–Crippen MR) is 77.4 cm³/mol. The molecule has 2 rings (SSSR count). The van der Waals surface area contributed by atoms with Crippen molar-refractivity contribution < 1.29 is 4.79 Å². The first-order valence-corrected chi connectivity index (χ1v) is 7.55. The molecule has 1 N–H and O–H groups in total. The lowest BCUT2D eigenvalue weighted by atomic mass is 10.3. The number of thiophene rings is 1. The van der Waals surface area contributed by atoms with Crippen LogP contribution in [0.2, 0.25) is 0 Å². The number of hydrogen-bond donors (Lipinski definition) is 1. The molecule has 88 valence electrons. The molecule has 8 heteroatoms. The van der Waals surface area contributed by atoms with Crippen LogP contribution in [0, 0.1) is 0 Å². The van der Waals surface area contributed by atoms with Crippen LogP contribution in [0.5, 0.6) is 0 Å². The van der Waals surface area contributed by atoms with Crippen LogP contribution in [0.3, 0.4) is 0 Å². The van der Waals surface area contributed by atoms with Gasteiger partial charge in [-0.15, -0.1) is 11.3 Å². The van der Waals surface area contributed by atoms with Gasteiger partial charge in [0, 0.05) is 5.38 Å². The first kappa shape index (κ1) is 13.1. The summed E-state index contributed by atoms with van der Waals surface area (Å²) in [6, 6.07) is 1.75. The summed E-state index contributed by atoms with van der Waals surface area (Å²) >= 11 is 11.2. The standard InChI is InChI=1S/C9H4Br3N3OS/c10-5-2-13-8(7(12)14-5)15-9(16)4-1-6(11)17-3-4/h1-3H,(H,13,15,16). The van der Waals surface area contributed by atoms with Crippen molar-refractivity contribution in [2.24, 2.45) is 0 Å². The van der Waals surface area contributed by atoms with E-state index in [0.29, 0.717) is 20.6 Å². The van der Waals surface area contributed by atoms with Gasteiger partial charge in [0.05, 0.1) is 15.5 Å². The molecular formula is C9H4Br3N3OS. The van der Waals surface area contributed by atoms with Gasteiger partial charge in [-0.05, 0) is 53.9 Å². The van der Waals surface area contributed by atoms with E-state index in [1.54, 1.807) is 11.4 Å². The normalized spacial score (nSPS) is 10.3. The summed E-state index contributed by atoms with van der Waals surface area (Å²) in [7, 11) is 0. The van der Waals surface area contributed by atoms with Crippen molar-refractivity contribution in [1.29, 1.82) is 0 Å². The molecule has 0 aliphatic heterocycles. The van der Waals surface area contributed by atoms with Gasteiger partial charge < -0.3 is 5.32 Å². The van der Waals surface area contributed by atoms with Crippen molar-refractivity contribution in [3.8, 4) is 0 Å². The van der Waals surface area contributed by atoms with Gasteiger partial charge in [-0.2, -0.15) is 0 Å². The number of anilines is 1. The molecule has 4 nitrogen and oxygen atoms in total. The summed E-state index contributed by atoms with van der Waals surface area (Å²) in [5, 5.41) is 4.44. The van der Waals surface area contributed by atoms with Gasteiger partial charge >= 0.3 is 0 Å². The van der Waals surface area contributed by atoms with Crippen molar-refractivity contribution in [3.63, 3.8) is 0 Å². The number of halogens is 3. The number of carbonyl (C=O) groups excluding carboxylic acids is 1. The van der Waals surface area contributed by atoms with Gasteiger partial charge in [-0.25, -0.2) is 9.97 Å². The number of amides is 1. The molecule has 0 bridgehead atoms. The third-order valence-electron chi connectivity index (χ3n) is 1.76. The maximum Gasteiger partial charge on any atom is 0.257 e.